The zero-order valence-electron chi connectivity index (χ0n) is 16.3. The highest BCUT2D eigenvalue weighted by Gasteiger charge is 2.32. The van der Waals surface area contributed by atoms with Crippen molar-refractivity contribution in [1.82, 2.24) is 20.0 Å². The van der Waals surface area contributed by atoms with Gasteiger partial charge in [0.05, 0.1) is 5.52 Å². The minimum Gasteiger partial charge on any atom is -0.465 e. The van der Waals surface area contributed by atoms with E-state index in [2.05, 4.69) is 10.4 Å². The number of carboxylic acid groups (broad SMARTS) is 1. The van der Waals surface area contributed by atoms with Crippen molar-refractivity contribution >= 4 is 22.9 Å². The highest BCUT2D eigenvalue weighted by Crippen LogP contribution is 2.24. The van der Waals surface area contributed by atoms with Crippen LogP contribution in [0.2, 0.25) is 0 Å². The second kappa shape index (κ2) is 8.60. The van der Waals surface area contributed by atoms with Crippen LogP contribution in [-0.4, -0.2) is 62.1 Å². The van der Waals surface area contributed by atoms with Crippen LogP contribution in [0.15, 0.2) is 24.3 Å². The standard InChI is InChI=1S/C20H28N4O4/c1-13(2)24-17-8-4-3-7-16(17)18(22-24)19(26)21-14-9-10-15(6-5-11-25)23(12-14)20(27)28/h3-4,7-8,13-15,25H,5-6,9-12H2,1-2H3,(H,21,26)(H,27,28)/t14-,15+/m0/s1. The largest absolute Gasteiger partial charge is 0.465 e. The molecular weight excluding hydrogens is 360 g/mol. The first-order chi connectivity index (χ1) is 13.4. The molecule has 0 radical (unpaired) electrons. The number of hydrogen-bond donors (Lipinski definition) is 3. The first kappa shape index (κ1) is 20.1. The molecule has 0 bridgehead atoms. The van der Waals surface area contributed by atoms with Crippen molar-refractivity contribution in [3.05, 3.63) is 30.0 Å². The molecule has 3 rings (SSSR count). The highest BCUT2D eigenvalue weighted by atomic mass is 16.4. The van der Waals surface area contributed by atoms with Gasteiger partial charge in [-0.1, -0.05) is 18.2 Å². The lowest BCUT2D eigenvalue weighted by Crippen LogP contribution is -2.53. The Morgan fingerprint density at radius 3 is 2.71 bits per heavy atom. The van der Waals surface area contributed by atoms with E-state index in [4.69, 9.17) is 5.11 Å². The van der Waals surface area contributed by atoms with Crippen molar-refractivity contribution in [2.24, 2.45) is 0 Å². The van der Waals surface area contributed by atoms with Crippen molar-refractivity contribution in [2.45, 2.75) is 57.7 Å². The molecule has 1 aliphatic heterocycles. The number of hydrogen-bond acceptors (Lipinski definition) is 4. The molecule has 2 atom stereocenters. The summed E-state index contributed by atoms with van der Waals surface area (Å²) in [4.78, 5) is 25.9. The van der Waals surface area contributed by atoms with E-state index >= 15 is 0 Å². The van der Waals surface area contributed by atoms with Crippen LogP contribution in [0.25, 0.3) is 10.9 Å². The third-order valence-electron chi connectivity index (χ3n) is 5.30. The molecule has 2 aromatic rings. The van der Waals surface area contributed by atoms with Gasteiger partial charge < -0.3 is 20.4 Å². The van der Waals surface area contributed by atoms with Gasteiger partial charge in [-0.3, -0.25) is 9.48 Å². The maximum atomic E-state index is 12.9. The minimum absolute atomic E-state index is 0.0513. The van der Waals surface area contributed by atoms with Gasteiger partial charge in [0.15, 0.2) is 5.69 Å². The molecule has 2 heterocycles. The summed E-state index contributed by atoms with van der Waals surface area (Å²) < 4.78 is 1.83. The smallest absolute Gasteiger partial charge is 0.407 e. The predicted octanol–water partition coefficient (Wildman–Crippen LogP) is 2.63. The number of aliphatic hydroxyl groups excluding tert-OH is 1. The number of aliphatic hydroxyl groups is 1. The quantitative estimate of drug-likeness (QED) is 0.705. The number of piperidine rings is 1. The van der Waals surface area contributed by atoms with Crippen LogP contribution in [0, 0.1) is 0 Å². The molecule has 3 N–H and O–H groups in total. The predicted molar refractivity (Wildman–Crippen MR) is 105 cm³/mol. The van der Waals surface area contributed by atoms with Gasteiger partial charge in [0.2, 0.25) is 0 Å². The average Bonchev–Trinajstić information content (AvgIpc) is 3.07. The van der Waals surface area contributed by atoms with Crippen LogP contribution in [0.4, 0.5) is 4.79 Å². The Morgan fingerprint density at radius 1 is 1.29 bits per heavy atom. The van der Waals surface area contributed by atoms with Crippen molar-refractivity contribution in [3.63, 3.8) is 0 Å². The fraction of sp³-hybridized carbons (Fsp3) is 0.550. The molecule has 152 valence electrons. The molecule has 28 heavy (non-hydrogen) atoms. The Labute approximate surface area is 164 Å². The first-order valence-corrected chi connectivity index (χ1v) is 9.81. The van der Waals surface area contributed by atoms with E-state index in [-0.39, 0.29) is 37.2 Å². The molecule has 0 unspecified atom stereocenters. The minimum atomic E-state index is -0.989. The van der Waals surface area contributed by atoms with Crippen LogP contribution < -0.4 is 5.32 Å². The molecular formula is C20H28N4O4. The van der Waals surface area contributed by atoms with Gasteiger partial charge in [-0.25, -0.2) is 4.79 Å². The summed E-state index contributed by atoms with van der Waals surface area (Å²) >= 11 is 0. The number of rotatable bonds is 6. The molecule has 1 aromatic heterocycles. The van der Waals surface area contributed by atoms with E-state index in [1.165, 1.54) is 4.90 Å². The van der Waals surface area contributed by atoms with E-state index in [1.54, 1.807) is 0 Å². The van der Waals surface area contributed by atoms with Gasteiger partial charge in [0.25, 0.3) is 5.91 Å². The Hall–Kier alpha value is -2.61. The van der Waals surface area contributed by atoms with Crippen molar-refractivity contribution in [2.75, 3.05) is 13.2 Å². The number of para-hydroxylation sites is 1. The van der Waals surface area contributed by atoms with E-state index in [1.807, 2.05) is 42.8 Å². The summed E-state index contributed by atoms with van der Waals surface area (Å²) in [5.74, 6) is -0.278. The van der Waals surface area contributed by atoms with Gasteiger partial charge in [0, 0.05) is 36.7 Å². The third-order valence-corrected chi connectivity index (χ3v) is 5.30. The van der Waals surface area contributed by atoms with Crippen LogP contribution in [-0.2, 0) is 0 Å². The van der Waals surface area contributed by atoms with Crippen LogP contribution in [0.5, 0.6) is 0 Å². The first-order valence-electron chi connectivity index (χ1n) is 9.81. The number of carbonyl (C=O) groups is 2. The van der Waals surface area contributed by atoms with Crippen molar-refractivity contribution < 1.29 is 19.8 Å². The molecule has 1 fully saturated rings. The lowest BCUT2D eigenvalue weighted by Gasteiger charge is -2.38. The number of carbonyl (C=O) groups excluding carboxylic acids is 1. The molecule has 1 aromatic carbocycles. The third kappa shape index (κ3) is 4.11. The maximum absolute atomic E-state index is 12.9. The average molecular weight is 388 g/mol. The van der Waals surface area contributed by atoms with E-state index in [0.717, 1.165) is 10.9 Å². The van der Waals surface area contributed by atoms with Gasteiger partial charge in [-0.05, 0) is 45.6 Å². The number of benzene rings is 1. The Kier molecular flexibility index (Phi) is 6.18. The number of nitrogens with one attached hydrogen (secondary N) is 1. The maximum Gasteiger partial charge on any atom is 0.407 e. The molecule has 8 nitrogen and oxygen atoms in total. The van der Waals surface area contributed by atoms with Gasteiger partial charge >= 0.3 is 6.09 Å². The zero-order chi connectivity index (χ0) is 20.3. The number of amides is 2. The van der Waals surface area contributed by atoms with E-state index in [0.29, 0.717) is 31.4 Å². The van der Waals surface area contributed by atoms with Crippen molar-refractivity contribution in [3.8, 4) is 0 Å². The van der Waals surface area contributed by atoms with E-state index in [9.17, 15) is 14.7 Å². The Bertz CT molecular complexity index is 848. The van der Waals surface area contributed by atoms with Crippen LogP contribution >= 0.6 is 0 Å². The lowest BCUT2D eigenvalue weighted by molar-refractivity contribution is 0.0766. The second-order valence-electron chi connectivity index (χ2n) is 7.61. The van der Waals surface area contributed by atoms with Gasteiger partial charge in [-0.15, -0.1) is 0 Å². The summed E-state index contributed by atoms with van der Waals surface area (Å²) in [7, 11) is 0. The highest BCUT2D eigenvalue weighted by molar-refractivity contribution is 6.05. The fourth-order valence-corrected chi connectivity index (χ4v) is 3.91. The Balaban J connectivity index is 1.75. The molecule has 0 spiro atoms. The molecule has 0 saturated carbocycles. The van der Waals surface area contributed by atoms with Gasteiger partial charge in [0.1, 0.15) is 0 Å². The number of nitrogens with zero attached hydrogens (tertiary/aromatic N) is 3. The number of fused-ring (bicyclic) bond motifs is 1. The monoisotopic (exact) mass is 388 g/mol. The normalized spacial score (nSPS) is 19.9. The number of aromatic nitrogens is 2. The summed E-state index contributed by atoms with van der Waals surface area (Å²) in [5.41, 5.74) is 1.27. The Morgan fingerprint density at radius 2 is 2.04 bits per heavy atom. The zero-order valence-corrected chi connectivity index (χ0v) is 16.3. The van der Waals surface area contributed by atoms with Crippen molar-refractivity contribution in [1.29, 1.82) is 0 Å². The SMILES string of the molecule is CC(C)n1nc(C(=O)N[C@H]2CC[C@@H](CCCO)N(C(=O)O)C2)c2ccccc21. The summed E-state index contributed by atoms with van der Waals surface area (Å²) in [6.07, 6.45) is 1.58. The van der Waals surface area contributed by atoms with Gasteiger partial charge in [-0.2, -0.15) is 5.10 Å². The topological polar surface area (TPSA) is 108 Å². The second-order valence-corrected chi connectivity index (χ2v) is 7.61. The van der Waals surface area contributed by atoms with Crippen LogP contribution in [0.1, 0.15) is 56.1 Å². The lowest BCUT2D eigenvalue weighted by atomic mass is 9.95. The molecule has 0 aliphatic carbocycles. The summed E-state index contributed by atoms with van der Waals surface area (Å²) in [6, 6.07) is 7.38. The summed E-state index contributed by atoms with van der Waals surface area (Å²) in [6.45, 7) is 4.33. The fourth-order valence-electron chi connectivity index (χ4n) is 3.91. The molecule has 1 aliphatic rings. The molecule has 8 heteroatoms. The molecule has 2 amide bonds. The molecule has 1 saturated heterocycles. The van der Waals surface area contributed by atoms with Crippen LogP contribution in [0.3, 0.4) is 0 Å². The summed E-state index contributed by atoms with van der Waals surface area (Å²) in [5, 5.41) is 26.8. The van der Waals surface area contributed by atoms with E-state index < -0.39 is 6.09 Å². The number of likely N-dealkylation sites (tertiary alicyclic amines) is 1.